The Kier molecular flexibility index (Phi) is 3.91. The number of anilines is 1. The van der Waals surface area contributed by atoms with Crippen molar-refractivity contribution in [2.75, 3.05) is 25.6 Å². The van der Waals surface area contributed by atoms with Crippen LogP contribution in [0.3, 0.4) is 0 Å². The summed E-state index contributed by atoms with van der Waals surface area (Å²) in [7, 11) is 1.67. The maximum absolute atomic E-state index is 5.96. The third-order valence-electron chi connectivity index (χ3n) is 4.75. The van der Waals surface area contributed by atoms with Crippen LogP contribution in [0.4, 0.5) is 5.69 Å². The Labute approximate surface area is 146 Å². The number of hydrogen-bond donors (Lipinski definition) is 1. The van der Waals surface area contributed by atoms with Crippen molar-refractivity contribution < 1.29 is 9.47 Å². The van der Waals surface area contributed by atoms with Gasteiger partial charge in [-0.3, -0.25) is 0 Å². The van der Waals surface area contributed by atoms with Gasteiger partial charge in [0.05, 0.1) is 25.1 Å². The Morgan fingerprint density at radius 2 is 2.24 bits per heavy atom. The fourth-order valence-electron chi connectivity index (χ4n) is 3.26. The third kappa shape index (κ3) is 2.75. The zero-order valence-electron chi connectivity index (χ0n) is 14.6. The molecule has 0 fully saturated rings. The fourth-order valence-corrected chi connectivity index (χ4v) is 3.26. The summed E-state index contributed by atoms with van der Waals surface area (Å²) in [6.07, 6.45) is 2.57. The van der Waals surface area contributed by atoms with Crippen molar-refractivity contribution in [2.45, 2.75) is 20.3 Å². The minimum absolute atomic E-state index is 0.371. The molecule has 1 N–H and O–H groups in total. The molecule has 0 bridgehead atoms. The highest BCUT2D eigenvalue weighted by molar-refractivity contribution is 5.71. The van der Waals surface area contributed by atoms with E-state index in [4.69, 9.17) is 9.47 Å². The van der Waals surface area contributed by atoms with Crippen molar-refractivity contribution in [3.05, 3.63) is 41.3 Å². The number of hydrogen-bond acceptors (Lipinski definition) is 6. The van der Waals surface area contributed by atoms with Crippen molar-refractivity contribution in [2.24, 2.45) is 5.92 Å². The van der Waals surface area contributed by atoms with Crippen LogP contribution in [0.25, 0.3) is 5.65 Å². The molecule has 1 aliphatic heterocycles. The fraction of sp³-hybridized carbons (Fsp3) is 0.389. The van der Waals surface area contributed by atoms with Crippen LogP contribution in [0.15, 0.2) is 24.5 Å². The third-order valence-corrected chi connectivity index (χ3v) is 4.75. The minimum Gasteiger partial charge on any atom is -0.493 e. The van der Waals surface area contributed by atoms with Gasteiger partial charge >= 0.3 is 0 Å². The number of ether oxygens (including phenoxy) is 2. The van der Waals surface area contributed by atoms with Gasteiger partial charge in [-0.25, -0.2) is 0 Å². The first-order valence-corrected chi connectivity index (χ1v) is 8.37. The summed E-state index contributed by atoms with van der Waals surface area (Å²) >= 11 is 0. The number of fused-ring (bicyclic) bond motifs is 2. The summed E-state index contributed by atoms with van der Waals surface area (Å²) in [5, 5.41) is 16.1. The number of nitrogens with zero attached hydrogens (tertiary/aromatic N) is 4. The maximum atomic E-state index is 5.96. The normalized spacial score (nSPS) is 16.4. The number of methoxy groups -OCH3 is 1. The molecule has 25 heavy (non-hydrogen) atoms. The van der Waals surface area contributed by atoms with Crippen LogP contribution in [0.2, 0.25) is 0 Å². The zero-order chi connectivity index (χ0) is 17.4. The molecule has 7 nitrogen and oxygen atoms in total. The number of nitrogens with one attached hydrogen (secondary N) is 1. The first kappa shape index (κ1) is 15.7. The predicted octanol–water partition coefficient (Wildman–Crippen LogP) is 2.41. The van der Waals surface area contributed by atoms with E-state index < -0.39 is 0 Å². The number of rotatable bonds is 4. The van der Waals surface area contributed by atoms with Gasteiger partial charge in [-0.05, 0) is 37.5 Å². The number of para-hydroxylation sites is 1. The van der Waals surface area contributed by atoms with Crippen LogP contribution in [0.5, 0.6) is 11.5 Å². The number of aryl methyl sites for hydroxylation is 1. The van der Waals surface area contributed by atoms with Crippen LogP contribution in [0, 0.1) is 19.8 Å². The van der Waals surface area contributed by atoms with Crippen molar-refractivity contribution in [3.63, 3.8) is 0 Å². The Morgan fingerprint density at radius 1 is 1.36 bits per heavy atom. The lowest BCUT2D eigenvalue weighted by atomic mass is 9.96. The molecule has 0 spiro atoms. The molecule has 1 atom stereocenters. The van der Waals surface area contributed by atoms with E-state index in [1.807, 2.05) is 19.1 Å². The summed E-state index contributed by atoms with van der Waals surface area (Å²) in [5.74, 6) is 2.04. The van der Waals surface area contributed by atoms with Crippen LogP contribution in [-0.2, 0) is 6.42 Å². The van der Waals surface area contributed by atoms with Gasteiger partial charge in [-0.15, -0.1) is 10.2 Å². The molecule has 3 aromatic rings. The molecule has 0 radical (unpaired) electrons. The largest absolute Gasteiger partial charge is 0.493 e. The van der Waals surface area contributed by atoms with Crippen LogP contribution >= 0.6 is 0 Å². The Balaban J connectivity index is 1.53. The van der Waals surface area contributed by atoms with Crippen molar-refractivity contribution in [1.29, 1.82) is 0 Å². The highest BCUT2D eigenvalue weighted by atomic mass is 16.5. The highest BCUT2D eigenvalue weighted by Crippen LogP contribution is 2.36. The molecule has 130 valence electrons. The van der Waals surface area contributed by atoms with E-state index in [2.05, 4.69) is 33.6 Å². The second-order valence-corrected chi connectivity index (χ2v) is 6.40. The lowest BCUT2D eigenvalue weighted by Crippen LogP contribution is -2.28. The topological polar surface area (TPSA) is 73.6 Å². The quantitative estimate of drug-likeness (QED) is 0.787. The molecule has 1 aromatic carbocycles. The Bertz CT molecular complexity index is 921. The average molecular weight is 339 g/mol. The summed E-state index contributed by atoms with van der Waals surface area (Å²) in [6, 6.07) is 6.04. The molecule has 7 heteroatoms. The second kappa shape index (κ2) is 6.23. The van der Waals surface area contributed by atoms with Gasteiger partial charge in [-0.1, -0.05) is 12.1 Å². The van der Waals surface area contributed by atoms with E-state index in [0.29, 0.717) is 12.5 Å². The smallest absolute Gasteiger partial charge is 0.200 e. The van der Waals surface area contributed by atoms with Gasteiger partial charge in [0.2, 0.25) is 5.65 Å². The van der Waals surface area contributed by atoms with Crippen molar-refractivity contribution in [1.82, 2.24) is 19.8 Å². The second-order valence-electron chi connectivity index (χ2n) is 6.40. The molecule has 0 amide bonds. The van der Waals surface area contributed by atoms with Crippen LogP contribution < -0.4 is 14.8 Å². The van der Waals surface area contributed by atoms with Crippen molar-refractivity contribution >= 4 is 11.3 Å². The van der Waals surface area contributed by atoms with E-state index in [0.717, 1.165) is 47.1 Å². The van der Waals surface area contributed by atoms with Gasteiger partial charge in [0.1, 0.15) is 6.33 Å². The average Bonchev–Trinajstić information content (AvgIpc) is 3.09. The number of aromatic nitrogens is 4. The number of benzene rings is 1. The van der Waals surface area contributed by atoms with Gasteiger partial charge in [-0.2, -0.15) is 9.61 Å². The van der Waals surface area contributed by atoms with E-state index >= 15 is 0 Å². The standard InChI is InChI=1S/C18H21N5O2/c1-11-12(2)22-23-10-20-21-18(23)16(11)19-8-13-7-14-5-4-6-15(24-3)17(14)25-9-13/h4-6,10,13,19H,7-9H2,1-3H3. The maximum Gasteiger partial charge on any atom is 0.200 e. The summed E-state index contributed by atoms with van der Waals surface area (Å²) in [6.45, 7) is 5.50. The zero-order valence-corrected chi connectivity index (χ0v) is 14.6. The first-order valence-electron chi connectivity index (χ1n) is 8.37. The SMILES string of the molecule is COc1cccc2c1OCC(CNc1c(C)c(C)nn3cnnc13)C2. The molecule has 1 aliphatic rings. The molecular weight excluding hydrogens is 318 g/mol. The van der Waals surface area contributed by atoms with Gasteiger partial charge in [0.15, 0.2) is 11.5 Å². The predicted molar refractivity (Wildman–Crippen MR) is 94.4 cm³/mol. The Hall–Kier alpha value is -2.83. The molecule has 3 heterocycles. The highest BCUT2D eigenvalue weighted by Gasteiger charge is 2.23. The molecule has 0 saturated heterocycles. The molecular formula is C18H21N5O2. The van der Waals surface area contributed by atoms with Crippen LogP contribution in [-0.4, -0.2) is 40.1 Å². The van der Waals surface area contributed by atoms with Gasteiger partial charge < -0.3 is 14.8 Å². The summed E-state index contributed by atoms with van der Waals surface area (Å²) < 4.78 is 13.1. The van der Waals surface area contributed by atoms with E-state index in [1.54, 1.807) is 18.0 Å². The summed E-state index contributed by atoms with van der Waals surface area (Å²) in [5.41, 5.74) is 4.99. The molecule has 1 unspecified atom stereocenters. The first-order chi connectivity index (χ1) is 12.2. The molecule has 0 saturated carbocycles. The van der Waals surface area contributed by atoms with E-state index in [1.165, 1.54) is 5.56 Å². The molecule has 4 rings (SSSR count). The lowest BCUT2D eigenvalue weighted by Gasteiger charge is -2.27. The molecule has 2 aromatic heterocycles. The van der Waals surface area contributed by atoms with Gasteiger partial charge in [0, 0.05) is 12.5 Å². The van der Waals surface area contributed by atoms with Crippen molar-refractivity contribution in [3.8, 4) is 11.5 Å². The Morgan fingerprint density at radius 3 is 3.08 bits per heavy atom. The van der Waals surface area contributed by atoms with Crippen LogP contribution in [0.1, 0.15) is 16.8 Å². The summed E-state index contributed by atoms with van der Waals surface area (Å²) in [4.78, 5) is 0. The molecule has 0 aliphatic carbocycles. The lowest BCUT2D eigenvalue weighted by molar-refractivity contribution is 0.218. The van der Waals surface area contributed by atoms with Gasteiger partial charge in [0.25, 0.3) is 0 Å². The van der Waals surface area contributed by atoms with E-state index in [9.17, 15) is 0 Å². The minimum atomic E-state index is 0.371. The monoisotopic (exact) mass is 339 g/mol. The van der Waals surface area contributed by atoms with E-state index in [-0.39, 0.29) is 0 Å².